The average molecular weight is 249 g/mol. The van der Waals surface area contributed by atoms with Crippen molar-refractivity contribution in [3.63, 3.8) is 0 Å². The van der Waals surface area contributed by atoms with Gasteiger partial charge in [0.15, 0.2) is 0 Å². The first-order chi connectivity index (χ1) is 6.58. The first kappa shape index (κ1) is 17.1. The van der Waals surface area contributed by atoms with E-state index in [-0.39, 0.29) is 5.92 Å². The van der Waals surface area contributed by atoms with Gasteiger partial charge in [0.1, 0.15) is 0 Å². The van der Waals surface area contributed by atoms with Crippen LogP contribution in [0.4, 0.5) is 13.2 Å². The third-order valence-electron chi connectivity index (χ3n) is 1.65. The maximum Gasteiger partial charge on any atom is 0.511 e. The van der Waals surface area contributed by atoms with Crippen molar-refractivity contribution < 1.29 is 21.6 Å². The van der Waals surface area contributed by atoms with E-state index in [4.69, 9.17) is 0 Å². The van der Waals surface area contributed by atoms with Gasteiger partial charge in [0.25, 0.3) is 0 Å². The summed E-state index contributed by atoms with van der Waals surface area (Å²) < 4.78 is 58.0. The standard InChI is InChI=1S/C6H12F3NO2S.C2H6/c1-4(2)5(3)10-13(11,12)6(7,8)9;1-2/h4-5,10H,1-3H3;1-2H3. The zero-order valence-corrected chi connectivity index (χ0v) is 10.3. The molecule has 1 N–H and O–H groups in total. The first-order valence-electron chi connectivity index (χ1n) is 4.66. The Morgan fingerprint density at radius 3 is 1.60 bits per heavy atom. The molecule has 94 valence electrons. The highest BCUT2D eigenvalue weighted by atomic mass is 32.2. The van der Waals surface area contributed by atoms with Crippen LogP contribution in [0.2, 0.25) is 0 Å². The van der Waals surface area contributed by atoms with Gasteiger partial charge >= 0.3 is 15.5 Å². The van der Waals surface area contributed by atoms with Crippen LogP contribution in [-0.4, -0.2) is 20.0 Å². The Kier molecular flexibility index (Phi) is 7.21. The predicted octanol–water partition coefficient (Wildman–Crippen LogP) is 2.50. The fourth-order valence-electron chi connectivity index (χ4n) is 0.448. The van der Waals surface area contributed by atoms with Crippen LogP contribution in [0.25, 0.3) is 0 Å². The Morgan fingerprint density at radius 1 is 1.07 bits per heavy atom. The minimum atomic E-state index is -5.23. The summed E-state index contributed by atoms with van der Waals surface area (Å²) >= 11 is 0. The zero-order chi connectivity index (χ0) is 12.9. The summed E-state index contributed by atoms with van der Waals surface area (Å²) in [5, 5.41) is 0. The molecule has 7 heteroatoms. The van der Waals surface area contributed by atoms with E-state index in [1.165, 1.54) is 6.92 Å². The lowest BCUT2D eigenvalue weighted by Gasteiger charge is -2.18. The van der Waals surface area contributed by atoms with Gasteiger partial charge in [0.05, 0.1) is 0 Å². The third kappa shape index (κ3) is 5.99. The molecule has 15 heavy (non-hydrogen) atoms. The molecule has 0 bridgehead atoms. The maximum atomic E-state index is 11.8. The summed E-state index contributed by atoms with van der Waals surface area (Å²) in [7, 11) is -5.19. The smallest absolute Gasteiger partial charge is 0.204 e. The van der Waals surface area contributed by atoms with Crippen LogP contribution in [0, 0.1) is 5.92 Å². The van der Waals surface area contributed by atoms with Crippen molar-refractivity contribution in [2.75, 3.05) is 0 Å². The van der Waals surface area contributed by atoms with Gasteiger partial charge in [-0.2, -0.15) is 13.2 Å². The Morgan fingerprint density at radius 2 is 1.40 bits per heavy atom. The van der Waals surface area contributed by atoms with Crippen LogP contribution >= 0.6 is 0 Å². The highest BCUT2D eigenvalue weighted by Gasteiger charge is 2.46. The number of sulfonamides is 1. The van der Waals surface area contributed by atoms with Crippen molar-refractivity contribution in [3.05, 3.63) is 0 Å². The van der Waals surface area contributed by atoms with Crippen LogP contribution in [0.5, 0.6) is 0 Å². The quantitative estimate of drug-likeness (QED) is 0.835. The van der Waals surface area contributed by atoms with Gasteiger partial charge in [-0.25, -0.2) is 13.1 Å². The largest absolute Gasteiger partial charge is 0.511 e. The molecule has 0 heterocycles. The SMILES string of the molecule is CC.CC(C)C(C)NS(=O)(=O)C(F)(F)F. The Labute approximate surface area is 89.1 Å². The van der Waals surface area contributed by atoms with Crippen LogP contribution in [0.1, 0.15) is 34.6 Å². The van der Waals surface area contributed by atoms with Crippen LogP contribution in [0.3, 0.4) is 0 Å². The lowest BCUT2D eigenvalue weighted by molar-refractivity contribution is -0.0451. The molecule has 0 radical (unpaired) electrons. The number of halogens is 3. The molecule has 0 rings (SSSR count). The van der Waals surface area contributed by atoms with Crippen molar-refractivity contribution in [1.29, 1.82) is 0 Å². The van der Waals surface area contributed by atoms with E-state index in [0.717, 1.165) is 0 Å². The van der Waals surface area contributed by atoms with Crippen LogP contribution in [-0.2, 0) is 10.0 Å². The fourth-order valence-corrected chi connectivity index (χ4v) is 1.34. The van der Waals surface area contributed by atoms with Crippen molar-refractivity contribution in [3.8, 4) is 0 Å². The minimum absolute atomic E-state index is 0.183. The van der Waals surface area contributed by atoms with Gasteiger partial charge in [0, 0.05) is 6.04 Å². The van der Waals surface area contributed by atoms with Gasteiger partial charge in [-0.05, 0) is 12.8 Å². The van der Waals surface area contributed by atoms with E-state index in [1.807, 2.05) is 13.8 Å². The Hall–Kier alpha value is -0.300. The van der Waals surface area contributed by atoms with Crippen molar-refractivity contribution in [1.82, 2.24) is 4.72 Å². The first-order valence-corrected chi connectivity index (χ1v) is 6.15. The predicted molar refractivity (Wildman–Crippen MR) is 53.8 cm³/mol. The molecular weight excluding hydrogens is 231 g/mol. The summed E-state index contributed by atoms with van der Waals surface area (Å²) in [4.78, 5) is 0. The summed E-state index contributed by atoms with van der Waals surface area (Å²) in [5.74, 6) is -0.183. The average Bonchev–Trinajstić information content (AvgIpc) is 2.04. The second-order valence-electron chi connectivity index (χ2n) is 3.10. The number of nitrogens with one attached hydrogen (secondary N) is 1. The van der Waals surface area contributed by atoms with Crippen LogP contribution in [0.15, 0.2) is 0 Å². The number of hydrogen-bond donors (Lipinski definition) is 1. The molecule has 0 aromatic heterocycles. The van der Waals surface area contributed by atoms with E-state index >= 15 is 0 Å². The number of rotatable bonds is 3. The molecule has 0 amide bonds. The van der Waals surface area contributed by atoms with Gasteiger partial charge in [-0.15, -0.1) is 0 Å². The van der Waals surface area contributed by atoms with Gasteiger partial charge in [-0.3, -0.25) is 0 Å². The minimum Gasteiger partial charge on any atom is -0.204 e. The van der Waals surface area contributed by atoms with Gasteiger partial charge < -0.3 is 0 Å². The molecule has 0 aliphatic rings. The van der Waals surface area contributed by atoms with E-state index in [1.54, 1.807) is 18.6 Å². The number of hydrogen-bond acceptors (Lipinski definition) is 2. The Balaban J connectivity index is 0. The molecule has 1 unspecified atom stereocenters. The molecule has 1 atom stereocenters. The summed E-state index contributed by atoms with van der Waals surface area (Å²) in [6.07, 6.45) is 0. The second kappa shape index (κ2) is 6.32. The lowest BCUT2D eigenvalue weighted by Crippen LogP contribution is -2.43. The molecule has 0 aliphatic carbocycles. The second-order valence-corrected chi connectivity index (χ2v) is 4.81. The van der Waals surface area contributed by atoms with E-state index in [2.05, 4.69) is 0 Å². The molecule has 0 spiro atoms. The van der Waals surface area contributed by atoms with E-state index in [9.17, 15) is 21.6 Å². The highest BCUT2D eigenvalue weighted by molar-refractivity contribution is 7.90. The van der Waals surface area contributed by atoms with Crippen molar-refractivity contribution >= 4 is 10.0 Å². The lowest BCUT2D eigenvalue weighted by atomic mass is 10.1. The topological polar surface area (TPSA) is 46.2 Å². The molecule has 0 aromatic carbocycles. The molecule has 0 saturated heterocycles. The van der Waals surface area contributed by atoms with E-state index < -0.39 is 21.6 Å². The van der Waals surface area contributed by atoms with Crippen molar-refractivity contribution in [2.24, 2.45) is 5.92 Å². The summed E-state index contributed by atoms with van der Waals surface area (Å²) in [6.45, 7) is 8.64. The highest BCUT2D eigenvalue weighted by Crippen LogP contribution is 2.22. The van der Waals surface area contributed by atoms with Crippen LogP contribution < -0.4 is 4.72 Å². The molecule has 0 fully saturated rings. The monoisotopic (exact) mass is 249 g/mol. The normalized spacial score (nSPS) is 14.5. The number of alkyl halides is 3. The maximum absolute atomic E-state index is 11.8. The molecule has 0 aromatic rings. The van der Waals surface area contributed by atoms with Gasteiger partial charge in [-0.1, -0.05) is 27.7 Å². The van der Waals surface area contributed by atoms with Crippen molar-refractivity contribution in [2.45, 2.75) is 46.2 Å². The third-order valence-corrected chi connectivity index (χ3v) is 2.94. The zero-order valence-electron chi connectivity index (χ0n) is 9.51. The fraction of sp³-hybridized carbons (Fsp3) is 1.00. The molecule has 3 nitrogen and oxygen atoms in total. The molecule has 0 saturated carbocycles. The summed E-state index contributed by atoms with van der Waals surface area (Å²) in [5.41, 5.74) is -5.23. The van der Waals surface area contributed by atoms with E-state index in [0.29, 0.717) is 0 Å². The van der Waals surface area contributed by atoms with Gasteiger partial charge in [0.2, 0.25) is 0 Å². The Bertz CT molecular complexity index is 260. The molecule has 0 aliphatic heterocycles. The summed E-state index contributed by atoms with van der Waals surface area (Å²) in [6, 6.07) is -0.730. The molecular formula is C8H18F3NO2S.